The number of aromatic nitrogens is 6. The van der Waals surface area contributed by atoms with E-state index in [0.29, 0.717) is 36.0 Å². The van der Waals surface area contributed by atoms with Crippen molar-refractivity contribution in [3.63, 3.8) is 0 Å². The molecule has 2 aliphatic heterocycles. The molecule has 392 valence electrons. The zero-order chi connectivity index (χ0) is 54.8. The largest absolute Gasteiger partial charge is 0.457 e. The molecule has 2 aliphatic rings. The second-order valence-corrected chi connectivity index (χ2v) is 22.6. The summed E-state index contributed by atoms with van der Waals surface area (Å²) in [5, 5.41) is 4.62. The molecule has 0 radical (unpaired) electrons. The van der Waals surface area contributed by atoms with Crippen LogP contribution >= 0.6 is 0 Å². The highest BCUT2D eigenvalue weighted by atomic mass is 16.5. The quantitative estimate of drug-likeness (QED) is 0.156. The number of benzene rings is 9. The molecule has 0 aliphatic carbocycles. The maximum absolute atomic E-state index is 6.99. The summed E-state index contributed by atoms with van der Waals surface area (Å²) in [6.07, 6.45) is 1.93. The molecule has 0 fully saturated rings. The van der Waals surface area contributed by atoms with Crippen LogP contribution in [0.4, 0.5) is 40.2 Å². The molecule has 0 atom stereocenters. The van der Waals surface area contributed by atoms with E-state index in [1.54, 1.807) is 0 Å². The first-order valence-electron chi connectivity index (χ1n) is 27.7. The SMILES string of the molecule is Cc1cccc2c3cccc(C)c3n(-c3nc(N4CN(c5cccc(Oc6ccc7c(c6)N(c6cc(C(C)(C)C)ccn6)c6ccccc6-c6ccccc6-7)c5)c5ccccc54)nc(-n4c5c(C)cccc5c5cccc(C)c54)n3)c12. The Labute approximate surface area is 470 Å². The Hall–Kier alpha value is -10.1. The molecule has 4 aromatic heterocycles. The number of ether oxygens (including phenoxy) is 1. The Balaban J connectivity index is 0.861. The number of aryl methyl sites for hydroxylation is 4. The molecule has 6 heterocycles. The molecule has 0 spiro atoms. The Morgan fingerprint density at radius 1 is 0.395 bits per heavy atom. The minimum atomic E-state index is -0.0767. The number of rotatable bonds is 7. The fourth-order valence-corrected chi connectivity index (χ4v) is 12.7. The molecule has 13 aromatic rings. The lowest BCUT2D eigenvalue weighted by Crippen LogP contribution is -2.26. The van der Waals surface area contributed by atoms with Gasteiger partial charge in [0.25, 0.3) is 0 Å². The second-order valence-electron chi connectivity index (χ2n) is 22.6. The number of nitrogens with zero attached hydrogens (tertiary/aromatic N) is 9. The van der Waals surface area contributed by atoms with Gasteiger partial charge in [-0.05, 0) is 127 Å². The lowest BCUT2D eigenvalue weighted by atomic mass is 9.87. The van der Waals surface area contributed by atoms with Crippen LogP contribution in [-0.2, 0) is 5.41 Å². The van der Waals surface area contributed by atoms with Crippen LogP contribution in [0.15, 0.2) is 206 Å². The van der Waals surface area contributed by atoms with Crippen molar-refractivity contribution in [2.45, 2.75) is 53.9 Å². The van der Waals surface area contributed by atoms with Gasteiger partial charge in [-0.1, -0.05) is 154 Å². The summed E-state index contributed by atoms with van der Waals surface area (Å²) >= 11 is 0. The average Bonchev–Trinajstić information content (AvgIpc) is 4.13. The number of para-hydroxylation sites is 7. The maximum Gasteiger partial charge on any atom is 0.241 e. The first-order valence-corrected chi connectivity index (χ1v) is 27.7. The molecule has 81 heavy (non-hydrogen) atoms. The van der Waals surface area contributed by atoms with Crippen molar-refractivity contribution < 1.29 is 4.74 Å². The molecule has 9 aromatic carbocycles. The molecular formula is C71H57N9O. The van der Waals surface area contributed by atoms with Crippen LogP contribution in [0.3, 0.4) is 0 Å². The van der Waals surface area contributed by atoms with Crippen molar-refractivity contribution in [3.05, 3.63) is 234 Å². The third kappa shape index (κ3) is 7.61. The van der Waals surface area contributed by atoms with E-state index in [1.165, 1.54) is 11.1 Å². The summed E-state index contributed by atoms with van der Waals surface area (Å²) in [5.74, 6) is 3.89. The number of anilines is 7. The van der Waals surface area contributed by atoms with Gasteiger partial charge in [-0.2, -0.15) is 15.0 Å². The van der Waals surface area contributed by atoms with E-state index in [9.17, 15) is 0 Å². The highest BCUT2D eigenvalue weighted by molar-refractivity contribution is 6.12. The smallest absolute Gasteiger partial charge is 0.241 e. The van der Waals surface area contributed by atoms with Gasteiger partial charge in [-0.15, -0.1) is 0 Å². The molecule has 15 rings (SSSR count). The van der Waals surface area contributed by atoms with Crippen LogP contribution in [0.5, 0.6) is 11.5 Å². The molecule has 0 N–H and O–H groups in total. The molecule has 0 saturated carbocycles. The maximum atomic E-state index is 6.99. The van der Waals surface area contributed by atoms with Gasteiger partial charge in [0, 0.05) is 56.7 Å². The van der Waals surface area contributed by atoms with E-state index in [2.05, 4.69) is 266 Å². The fraction of sp³-hybridized carbons (Fsp3) is 0.127. The third-order valence-electron chi connectivity index (χ3n) is 16.5. The van der Waals surface area contributed by atoms with Crippen molar-refractivity contribution >= 4 is 83.8 Å². The zero-order valence-corrected chi connectivity index (χ0v) is 46.3. The first kappa shape index (κ1) is 48.1. The van der Waals surface area contributed by atoms with E-state index in [0.717, 1.165) is 117 Å². The van der Waals surface area contributed by atoms with Gasteiger partial charge in [0.2, 0.25) is 17.8 Å². The summed E-state index contributed by atoms with van der Waals surface area (Å²) in [5.41, 5.74) is 19.5. The van der Waals surface area contributed by atoms with Crippen LogP contribution in [0.25, 0.3) is 77.8 Å². The lowest BCUT2D eigenvalue weighted by molar-refractivity contribution is 0.483. The first-order chi connectivity index (χ1) is 39.5. The van der Waals surface area contributed by atoms with Gasteiger partial charge in [0.05, 0.1) is 44.8 Å². The lowest BCUT2D eigenvalue weighted by Gasteiger charge is -2.28. The highest BCUT2D eigenvalue weighted by Crippen LogP contribution is 2.52. The molecule has 10 heteroatoms. The molecular weight excluding hydrogens is 995 g/mol. The van der Waals surface area contributed by atoms with E-state index < -0.39 is 0 Å². The van der Waals surface area contributed by atoms with Crippen molar-refractivity contribution in [2.75, 3.05) is 21.4 Å². The van der Waals surface area contributed by atoms with Crippen molar-refractivity contribution in [1.29, 1.82) is 0 Å². The van der Waals surface area contributed by atoms with Gasteiger partial charge in [0.1, 0.15) is 24.0 Å². The molecule has 10 nitrogen and oxygen atoms in total. The van der Waals surface area contributed by atoms with Crippen LogP contribution in [0, 0.1) is 27.7 Å². The Bertz CT molecular complexity index is 4470. The Morgan fingerprint density at radius 2 is 0.864 bits per heavy atom. The van der Waals surface area contributed by atoms with Crippen molar-refractivity contribution in [3.8, 4) is 45.6 Å². The molecule has 0 bridgehead atoms. The third-order valence-corrected chi connectivity index (χ3v) is 16.5. The number of hydrogen-bond donors (Lipinski definition) is 0. The summed E-state index contributed by atoms with van der Waals surface area (Å²) in [7, 11) is 0. The number of fused-ring (bicyclic) bond motifs is 12. The number of hydrogen-bond acceptors (Lipinski definition) is 8. The summed E-state index contributed by atoms with van der Waals surface area (Å²) in [4.78, 5) is 28.6. The van der Waals surface area contributed by atoms with Crippen LogP contribution in [-0.4, -0.2) is 35.7 Å². The topological polar surface area (TPSA) is 80.4 Å². The zero-order valence-electron chi connectivity index (χ0n) is 46.3. The normalized spacial score (nSPS) is 13.0. The molecule has 0 unspecified atom stereocenters. The monoisotopic (exact) mass is 1050 g/mol. The summed E-state index contributed by atoms with van der Waals surface area (Å²) in [6, 6.07) is 71.0. The van der Waals surface area contributed by atoms with Crippen molar-refractivity contribution in [1.82, 2.24) is 29.1 Å². The Morgan fingerprint density at radius 3 is 1.42 bits per heavy atom. The van der Waals surface area contributed by atoms with Gasteiger partial charge < -0.3 is 9.64 Å². The van der Waals surface area contributed by atoms with E-state index in [-0.39, 0.29) is 5.41 Å². The second kappa shape index (κ2) is 18.3. The highest BCUT2D eigenvalue weighted by Gasteiger charge is 2.33. The minimum Gasteiger partial charge on any atom is -0.457 e. The average molecular weight is 1050 g/mol. The van der Waals surface area contributed by atoms with Gasteiger partial charge >= 0.3 is 0 Å². The molecule has 0 saturated heterocycles. The fourth-order valence-electron chi connectivity index (χ4n) is 12.7. The van der Waals surface area contributed by atoms with Crippen molar-refractivity contribution in [2.24, 2.45) is 0 Å². The van der Waals surface area contributed by atoms with Gasteiger partial charge in [0.15, 0.2) is 0 Å². The van der Waals surface area contributed by atoms with Gasteiger partial charge in [-0.25, -0.2) is 4.98 Å². The van der Waals surface area contributed by atoms with Gasteiger partial charge in [-0.3, -0.25) is 18.9 Å². The van der Waals surface area contributed by atoms with Crippen LogP contribution in [0.1, 0.15) is 48.6 Å². The van der Waals surface area contributed by atoms with E-state index in [1.807, 2.05) is 12.3 Å². The predicted molar refractivity (Wildman–Crippen MR) is 332 cm³/mol. The van der Waals surface area contributed by atoms with Crippen LogP contribution in [0.2, 0.25) is 0 Å². The minimum absolute atomic E-state index is 0.0767. The van der Waals surface area contributed by atoms with E-state index in [4.69, 9.17) is 24.7 Å². The van der Waals surface area contributed by atoms with E-state index >= 15 is 0 Å². The Kier molecular flexibility index (Phi) is 10.8. The summed E-state index contributed by atoms with van der Waals surface area (Å²) < 4.78 is 11.5. The standard InChI is InChI=1S/C71H57N9O/c1-43-19-14-28-55-56-29-15-20-44(2)65(56)79(64(43)55)69-73-68(74-70(75-69)80-66-45(3)21-16-30-57(66)58-31-17-22-46(4)67(58)80)77-42-76(60-33-12-13-34-61(60)77)48-23-18-24-49(40-48)81-50-35-36-54-52-26-9-8-25-51(52)53-27-10-11-32-59(53)78(62(54)41-50)63-39-47(37-38-72-63)71(5,6)7/h8-41H,42H2,1-7H3. The summed E-state index contributed by atoms with van der Waals surface area (Å²) in [6.45, 7) is 15.9. The van der Waals surface area contributed by atoms with Crippen LogP contribution < -0.4 is 19.4 Å². The predicted octanol–water partition coefficient (Wildman–Crippen LogP) is 18.1. The number of pyridine rings is 1. The molecule has 0 amide bonds.